The van der Waals surface area contributed by atoms with Gasteiger partial charge in [-0.05, 0) is 69.6 Å². The zero-order chi connectivity index (χ0) is 18.0. The van der Waals surface area contributed by atoms with E-state index in [1.165, 1.54) is 19.3 Å². The van der Waals surface area contributed by atoms with E-state index < -0.39 is 5.97 Å². The Morgan fingerprint density at radius 2 is 1.64 bits per heavy atom. The first-order valence-corrected chi connectivity index (χ1v) is 9.63. The molecule has 140 valence electrons. The predicted molar refractivity (Wildman–Crippen MR) is 92.5 cm³/mol. The average molecular weight is 350 g/mol. The van der Waals surface area contributed by atoms with Gasteiger partial charge in [-0.15, -0.1) is 0 Å². The van der Waals surface area contributed by atoms with Crippen LogP contribution in [0.2, 0.25) is 0 Å². The molecule has 4 fully saturated rings. The SMILES string of the molecule is CC[C@H](C)NC(=O)COC(=O)CNC(=O)C12CC3CC(CC(C3)C1)C2. The maximum atomic E-state index is 12.7. The van der Waals surface area contributed by atoms with E-state index >= 15 is 0 Å². The van der Waals surface area contributed by atoms with E-state index in [0.29, 0.717) is 17.8 Å². The Morgan fingerprint density at radius 1 is 1.08 bits per heavy atom. The van der Waals surface area contributed by atoms with Crippen molar-refractivity contribution in [2.75, 3.05) is 13.2 Å². The van der Waals surface area contributed by atoms with Crippen LogP contribution in [0.5, 0.6) is 0 Å². The summed E-state index contributed by atoms with van der Waals surface area (Å²) in [6.45, 7) is 3.41. The third-order valence-corrected chi connectivity index (χ3v) is 6.30. The molecule has 0 aromatic carbocycles. The first kappa shape index (κ1) is 18.2. The molecule has 4 rings (SSSR count). The molecule has 4 saturated carbocycles. The van der Waals surface area contributed by atoms with Gasteiger partial charge in [-0.1, -0.05) is 6.92 Å². The van der Waals surface area contributed by atoms with Crippen molar-refractivity contribution < 1.29 is 19.1 Å². The quantitative estimate of drug-likeness (QED) is 0.686. The minimum atomic E-state index is -0.558. The maximum absolute atomic E-state index is 12.7. The van der Waals surface area contributed by atoms with Crippen molar-refractivity contribution >= 4 is 17.8 Å². The van der Waals surface area contributed by atoms with E-state index in [9.17, 15) is 14.4 Å². The minimum Gasteiger partial charge on any atom is -0.454 e. The molecule has 6 nitrogen and oxygen atoms in total. The number of carbonyl (C=O) groups excluding carboxylic acids is 3. The molecule has 4 aliphatic rings. The van der Waals surface area contributed by atoms with Gasteiger partial charge in [0, 0.05) is 11.5 Å². The van der Waals surface area contributed by atoms with E-state index in [-0.39, 0.29) is 36.4 Å². The summed E-state index contributed by atoms with van der Waals surface area (Å²) >= 11 is 0. The van der Waals surface area contributed by atoms with Crippen LogP contribution in [0.1, 0.15) is 58.8 Å². The van der Waals surface area contributed by atoms with E-state index in [0.717, 1.165) is 25.7 Å². The van der Waals surface area contributed by atoms with Crippen molar-refractivity contribution in [3.8, 4) is 0 Å². The van der Waals surface area contributed by atoms with E-state index in [4.69, 9.17) is 4.74 Å². The molecule has 2 amide bonds. The molecule has 0 saturated heterocycles. The molecular weight excluding hydrogens is 320 g/mol. The fourth-order valence-corrected chi connectivity index (χ4v) is 5.34. The van der Waals surface area contributed by atoms with Crippen LogP contribution in [-0.2, 0) is 19.1 Å². The van der Waals surface area contributed by atoms with Gasteiger partial charge < -0.3 is 15.4 Å². The molecule has 0 unspecified atom stereocenters. The van der Waals surface area contributed by atoms with Crippen LogP contribution in [0.25, 0.3) is 0 Å². The number of nitrogens with one attached hydrogen (secondary N) is 2. The molecule has 0 aromatic rings. The van der Waals surface area contributed by atoms with Gasteiger partial charge in [-0.3, -0.25) is 14.4 Å². The van der Waals surface area contributed by atoms with Crippen LogP contribution in [0.15, 0.2) is 0 Å². The van der Waals surface area contributed by atoms with E-state index in [1.54, 1.807) is 0 Å². The zero-order valence-corrected chi connectivity index (χ0v) is 15.3. The summed E-state index contributed by atoms with van der Waals surface area (Å²) in [7, 11) is 0. The number of hydrogen-bond donors (Lipinski definition) is 2. The molecule has 0 aliphatic heterocycles. The highest BCUT2D eigenvalue weighted by molar-refractivity contribution is 5.87. The highest BCUT2D eigenvalue weighted by atomic mass is 16.5. The highest BCUT2D eigenvalue weighted by Gasteiger charge is 2.54. The monoisotopic (exact) mass is 350 g/mol. The molecule has 0 radical (unpaired) electrons. The van der Waals surface area contributed by atoms with Gasteiger partial charge in [0.1, 0.15) is 6.54 Å². The minimum absolute atomic E-state index is 0.00704. The summed E-state index contributed by atoms with van der Waals surface area (Å²) in [5.74, 6) is 1.20. The van der Waals surface area contributed by atoms with Crippen LogP contribution in [-0.4, -0.2) is 37.0 Å². The van der Waals surface area contributed by atoms with Gasteiger partial charge in [0.2, 0.25) is 5.91 Å². The van der Waals surface area contributed by atoms with Crippen molar-refractivity contribution in [2.45, 2.75) is 64.8 Å². The van der Waals surface area contributed by atoms with Gasteiger partial charge >= 0.3 is 5.97 Å². The van der Waals surface area contributed by atoms with Crippen molar-refractivity contribution in [2.24, 2.45) is 23.2 Å². The van der Waals surface area contributed by atoms with Crippen LogP contribution in [0.4, 0.5) is 0 Å². The zero-order valence-electron chi connectivity index (χ0n) is 15.3. The molecule has 0 spiro atoms. The Morgan fingerprint density at radius 3 is 2.16 bits per heavy atom. The normalized spacial score (nSPS) is 33.6. The van der Waals surface area contributed by atoms with Crippen LogP contribution < -0.4 is 10.6 Å². The molecule has 0 aromatic heterocycles. The first-order chi connectivity index (χ1) is 11.9. The predicted octanol–water partition coefficient (Wildman–Crippen LogP) is 1.78. The number of ether oxygens (including phenoxy) is 1. The van der Waals surface area contributed by atoms with Crippen molar-refractivity contribution in [3.05, 3.63) is 0 Å². The van der Waals surface area contributed by atoms with Gasteiger partial charge in [0.05, 0.1) is 0 Å². The summed E-state index contributed by atoms with van der Waals surface area (Å²) in [6.07, 6.45) is 7.56. The first-order valence-electron chi connectivity index (χ1n) is 9.63. The number of hydrogen-bond acceptors (Lipinski definition) is 4. The van der Waals surface area contributed by atoms with Crippen molar-refractivity contribution in [1.82, 2.24) is 10.6 Å². The third kappa shape index (κ3) is 4.15. The second-order valence-electron chi connectivity index (χ2n) is 8.42. The largest absolute Gasteiger partial charge is 0.454 e. The topological polar surface area (TPSA) is 84.5 Å². The summed E-state index contributed by atoms with van der Waals surface area (Å²) < 4.78 is 4.95. The molecule has 6 heteroatoms. The lowest BCUT2D eigenvalue weighted by atomic mass is 9.49. The maximum Gasteiger partial charge on any atom is 0.325 e. The highest BCUT2D eigenvalue weighted by Crippen LogP contribution is 2.60. The molecule has 1 atom stereocenters. The number of carbonyl (C=O) groups is 3. The summed E-state index contributed by atoms with van der Waals surface area (Å²) in [6, 6.07) is 0.0574. The van der Waals surface area contributed by atoms with E-state index in [2.05, 4.69) is 10.6 Å². The average Bonchev–Trinajstić information content (AvgIpc) is 2.56. The Hall–Kier alpha value is -1.59. The Labute approximate surface area is 149 Å². The number of amides is 2. The Balaban J connectivity index is 1.42. The third-order valence-electron chi connectivity index (χ3n) is 6.30. The Bertz CT molecular complexity index is 510. The van der Waals surface area contributed by atoms with Gasteiger partial charge in [0.15, 0.2) is 6.61 Å². The molecular formula is C19H30N2O4. The number of esters is 1. The summed E-state index contributed by atoms with van der Waals surface area (Å²) in [4.78, 5) is 36.2. The smallest absolute Gasteiger partial charge is 0.325 e. The molecule has 4 bridgehead atoms. The molecule has 2 N–H and O–H groups in total. The van der Waals surface area contributed by atoms with Crippen LogP contribution >= 0.6 is 0 Å². The summed E-state index contributed by atoms with van der Waals surface area (Å²) in [5.41, 5.74) is -0.261. The fraction of sp³-hybridized carbons (Fsp3) is 0.842. The standard InChI is InChI=1S/C19H30N2O4/c1-3-12(2)21-16(22)11-25-17(23)10-20-18(24)19-7-13-4-14(8-19)6-15(5-13)9-19/h12-15H,3-11H2,1-2H3,(H,20,24)(H,21,22)/t12-,13?,14?,15?,19?/m0/s1. The van der Waals surface area contributed by atoms with Crippen molar-refractivity contribution in [3.63, 3.8) is 0 Å². The molecule has 0 heterocycles. The lowest BCUT2D eigenvalue weighted by Gasteiger charge is -2.55. The second kappa shape index (κ2) is 7.34. The lowest BCUT2D eigenvalue weighted by molar-refractivity contribution is -0.152. The van der Waals surface area contributed by atoms with Gasteiger partial charge in [-0.25, -0.2) is 0 Å². The molecule has 4 aliphatic carbocycles. The molecule has 25 heavy (non-hydrogen) atoms. The fourth-order valence-electron chi connectivity index (χ4n) is 5.34. The van der Waals surface area contributed by atoms with Crippen LogP contribution in [0, 0.1) is 23.2 Å². The second-order valence-corrected chi connectivity index (χ2v) is 8.42. The van der Waals surface area contributed by atoms with Gasteiger partial charge in [-0.2, -0.15) is 0 Å². The Kier molecular flexibility index (Phi) is 5.35. The summed E-state index contributed by atoms with van der Waals surface area (Å²) in [5, 5.41) is 5.51. The van der Waals surface area contributed by atoms with Crippen LogP contribution in [0.3, 0.4) is 0 Å². The lowest BCUT2D eigenvalue weighted by Crippen LogP contribution is -2.54. The van der Waals surface area contributed by atoms with Crippen molar-refractivity contribution in [1.29, 1.82) is 0 Å². The van der Waals surface area contributed by atoms with E-state index in [1.807, 2.05) is 13.8 Å². The van der Waals surface area contributed by atoms with Gasteiger partial charge in [0.25, 0.3) is 5.91 Å². The number of rotatable bonds is 7.